The number of rotatable bonds is 3. The highest BCUT2D eigenvalue weighted by atomic mass is 35.5. The van der Waals surface area contributed by atoms with Crippen molar-refractivity contribution < 1.29 is 18.7 Å². The first kappa shape index (κ1) is 16.5. The molecule has 2 aliphatic rings. The molecule has 0 aromatic carbocycles. The minimum Gasteiger partial charge on any atom is -0.467 e. The van der Waals surface area contributed by atoms with Crippen molar-refractivity contribution in [3.63, 3.8) is 0 Å². The van der Waals surface area contributed by atoms with E-state index in [0.717, 1.165) is 20.0 Å². The second-order valence-corrected chi connectivity index (χ2v) is 6.76. The van der Waals surface area contributed by atoms with Gasteiger partial charge in [-0.1, -0.05) is 23.2 Å². The third-order valence-corrected chi connectivity index (χ3v) is 4.83. The van der Waals surface area contributed by atoms with Crippen LogP contribution in [0.4, 0.5) is 4.39 Å². The summed E-state index contributed by atoms with van der Waals surface area (Å²) in [6.07, 6.45) is 1.73. The van der Waals surface area contributed by atoms with Crippen molar-refractivity contribution in [3.8, 4) is 0 Å². The minimum absolute atomic E-state index is 0.0817. The predicted octanol–water partition coefficient (Wildman–Crippen LogP) is 2.75. The zero-order valence-corrected chi connectivity index (χ0v) is 13.9. The van der Waals surface area contributed by atoms with Gasteiger partial charge in [-0.15, -0.1) is 0 Å². The molecule has 1 aliphatic carbocycles. The number of halogens is 3. The van der Waals surface area contributed by atoms with Crippen LogP contribution in [0.25, 0.3) is 0 Å². The molecular weight excluding hydrogens is 346 g/mol. The van der Waals surface area contributed by atoms with Crippen LogP contribution in [0.5, 0.6) is 0 Å². The lowest BCUT2D eigenvalue weighted by Crippen LogP contribution is -2.44. The van der Waals surface area contributed by atoms with E-state index >= 15 is 4.39 Å². The van der Waals surface area contributed by atoms with Gasteiger partial charge in [-0.3, -0.25) is 4.79 Å². The van der Waals surface area contributed by atoms with E-state index in [4.69, 9.17) is 23.2 Å². The van der Waals surface area contributed by atoms with E-state index < -0.39 is 23.5 Å². The Morgan fingerprint density at radius 1 is 1.35 bits per heavy atom. The number of pyridine rings is 1. The maximum atomic E-state index is 15.2. The third kappa shape index (κ3) is 3.02. The average Bonchev–Trinajstić information content (AvgIpc) is 3.27. The fourth-order valence-electron chi connectivity index (χ4n) is 3.17. The number of hydrogen-bond acceptors (Lipinski definition) is 4. The summed E-state index contributed by atoms with van der Waals surface area (Å²) in [5.74, 6) is -1.77. The van der Waals surface area contributed by atoms with Crippen molar-refractivity contribution >= 4 is 35.1 Å². The first-order chi connectivity index (χ1) is 10.8. The summed E-state index contributed by atoms with van der Waals surface area (Å²) < 4.78 is 19.8. The largest absolute Gasteiger partial charge is 0.467 e. The number of hydrogen-bond donors (Lipinski definition) is 0. The van der Waals surface area contributed by atoms with Gasteiger partial charge in [-0.2, -0.15) is 0 Å². The van der Waals surface area contributed by atoms with Crippen LogP contribution in [0.15, 0.2) is 12.1 Å². The number of nitrogens with zero attached hydrogens (tertiary/aromatic N) is 2. The topological polar surface area (TPSA) is 59.5 Å². The maximum Gasteiger partial charge on any atom is 0.345 e. The molecule has 1 saturated carbocycles. The van der Waals surface area contributed by atoms with Crippen molar-refractivity contribution in [2.75, 3.05) is 20.2 Å². The third-order valence-electron chi connectivity index (χ3n) is 4.44. The van der Waals surface area contributed by atoms with Gasteiger partial charge in [-0.05, 0) is 30.9 Å². The predicted molar refractivity (Wildman–Crippen MR) is 82.2 cm³/mol. The Morgan fingerprint density at radius 3 is 2.48 bits per heavy atom. The molecule has 5 nitrogen and oxygen atoms in total. The highest BCUT2D eigenvalue weighted by Crippen LogP contribution is 2.48. The molecule has 1 amide bonds. The highest BCUT2D eigenvalue weighted by molar-refractivity contribution is 6.33. The molecule has 2 unspecified atom stereocenters. The number of esters is 1. The van der Waals surface area contributed by atoms with Gasteiger partial charge in [0.1, 0.15) is 10.3 Å². The van der Waals surface area contributed by atoms with Crippen molar-refractivity contribution in [1.82, 2.24) is 9.88 Å². The fourth-order valence-corrected chi connectivity index (χ4v) is 3.63. The smallest absolute Gasteiger partial charge is 0.345 e. The molecule has 1 aliphatic heterocycles. The van der Waals surface area contributed by atoms with E-state index in [-0.39, 0.29) is 34.9 Å². The van der Waals surface area contributed by atoms with Crippen LogP contribution in [0.3, 0.4) is 0 Å². The Kier molecular flexibility index (Phi) is 4.23. The molecule has 0 spiro atoms. The standard InChI is InChI=1S/C15H15Cl2FN2O3/c1-23-14(22)15(18)7-20(6-10(15)8-2-3-8)13(21)9-4-11(16)19-12(17)5-9/h4-5,8,10H,2-3,6-7H2,1H3. The quantitative estimate of drug-likeness (QED) is 0.614. The van der Waals surface area contributed by atoms with Crippen LogP contribution in [0.2, 0.25) is 10.3 Å². The normalized spacial score (nSPS) is 27.1. The van der Waals surface area contributed by atoms with Crippen LogP contribution in [-0.4, -0.2) is 47.6 Å². The molecule has 23 heavy (non-hydrogen) atoms. The van der Waals surface area contributed by atoms with E-state index in [9.17, 15) is 9.59 Å². The summed E-state index contributed by atoms with van der Waals surface area (Å²) in [6.45, 7) is -0.149. The van der Waals surface area contributed by atoms with Crippen LogP contribution in [-0.2, 0) is 9.53 Å². The number of aromatic nitrogens is 1. The number of methoxy groups -OCH3 is 1. The van der Waals surface area contributed by atoms with Crippen molar-refractivity contribution in [2.24, 2.45) is 11.8 Å². The van der Waals surface area contributed by atoms with E-state index in [1.807, 2.05) is 0 Å². The summed E-state index contributed by atoms with van der Waals surface area (Å²) in [7, 11) is 1.15. The molecule has 1 aromatic rings. The average molecular weight is 361 g/mol. The van der Waals surface area contributed by atoms with E-state index in [2.05, 4.69) is 9.72 Å². The van der Waals surface area contributed by atoms with Gasteiger partial charge in [0.15, 0.2) is 0 Å². The lowest BCUT2D eigenvalue weighted by atomic mass is 9.88. The number of amides is 1. The molecule has 3 rings (SSSR count). The number of ether oxygens (including phenoxy) is 1. The van der Waals surface area contributed by atoms with Crippen molar-refractivity contribution in [3.05, 3.63) is 28.0 Å². The van der Waals surface area contributed by atoms with Gasteiger partial charge >= 0.3 is 5.97 Å². The van der Waals surface area contributed by atoms with Crippen molar-refractivity contribution in [2.45, 2.75) is 18.5 Å². The molecule has 8 heteroatoms. The summed E-state index contributed by atoms with van der Waals surface area (Å²) in [6, 6.07) is 2.75. The van der Waals surface area contributed by atoms with E-state index in [1.165, 1.54) is 17.0 Å². The Bertz CT molecular complexity index is 648. The van der Waals surface area contributed by atoms with Gasteiger partial charge in [-0.25, -0.2) is 14.2 Å². The van der Waals surface area contributed by atoms with Crippen LogP contribution in [0, 0.1) is 11.8 Å². The molecule has 2 fully saturated rings. The number of likely N-dealkylation sites (tertiary alicyclic amines) is 1. The fraction of sp³-hybridized carbons (Fsp3) is 0.533. The number of carbonyl (C=O) groups excluding carboxylic acids is 2. The molecule has 0 bridgehead atoms. The Balaban J connectivity index is 1.86. The van der Waals surface area contributed by atoms with E-state index in [0.29, 0.717) is 0 Å². The minimum atomic E-state index is -2.16. The Morgan fingerprint density at radius 2 is 1.96 bits per heavy atom. The number of alkyl halides is 1. The molecule has 2 heterocycles. The van der Waals surface area contributed by atoms with Crippen LogP contribution < -0.4 is 0 Å². The van der Waals surface area contributed by atoms with Crippen LogP contribution >= 0.6 is 23.2 Å². The SMILES string of the molecule is COC(=O)C1(F)CN(C(=O)c2cc(Cl)nc(Cl)c2)CC1C1CC1. The van der Waals surface area contributed by atoms with Crippen molar-refractivity contribution in [1.29, 1.82) is 0 Å². The van der Waals surface area contributed by atoms with Gasteiger partial charge in [0.2, 0.25) is 5.67 Å². The van der Waals surface area contributed by atoms with E-state index in [1.54, 1.807) is 0 Å². The molecular formula is C15H15Cl2FN2O3. The lowest BCUT2D eigenvalue weighted by Gasteiger charge is -2.22. The molecule has 0 radical (unpaired) electrons. The molecule has 1 aromatic heterocycles. The molecule has 124 valence electrons. The summed E-state index contributed by atoms with van der Waals surface area (Å²) in [4.78, 5) is 29.6. The highest BCUT2D eigenvalue weighted by Gasteiger charge is 2.59. The Hall–Kier alpha value is -1.40. The van der Waals surface area contributed by atoms with Gasteiger partial charge in [0.05, 0.1) is 13.7 Å². The summed E-state index contributed by atoms with van der Waals surface area (Å²) >= 11 is 11.6. The first-order valence-corrected chi connectivity index (χ1v) is 8.00. The zero-order chi connectivity index (χ0) is 16.8. The maximum absolute atomic E-state index is 15.2. The monoisotopic (exact) mass is 360 g/mol. The first-order valence-electron chi connectivity index (χ1n) is 7.25. The summed E-state index contributed by atoms with van der Waals surface area (Å²) in [5, 5.41) is 0.163. The lowest BCUT2D eigenvalue weighted by molar-refractivity contribution is -0.156. The zero-order valence-electron chi connectivity index (χ0n) is 12.4. The van der Waals surface area contributed by atoms with Gasteiger partial charge in [0.25, 0.3) is 5.91 Å². The molecule has 2 atom stereocenters. The van der Waals surface area contributed by atoms with Gasteiger partial charge in [0, 0.05) is 18.0 Å². The van der Waals surface area contributed by atoms with Gasteiger partial charge < -0.3 is 9.64 Å². The molecule has 1 saturated heterocycles. The molecule has 0 N–H and O–H groups in total. The van der Waals surface area contributed by atoms with Crippen LogP contribution in [0.1, 0.15) is 23.2 Å². The second kappa shape index (κ2) is 5.91. The number of carbonyl (C=O) groups is 2. The second-order valence-electron chi connectivity index (χ2n) is 5.98. The Labute approximate surface area is 142 Å². The summed E-state index contributed by atoms with van der Waals surface area (Å²) in [5.41, 5.74) is -1.94.